The van der Waals surface area contributed by atoms with Gasteiger partial charge in [0.05, 0.1) is 6.10 Å². The maximum atomic E-state index is 12.9. The third-order valence-electron chi connectivity index (χ3n) is 4.89. The van der Waals surface area contributed by atoms with Crippen LogP contribution in [0.5, 0.6) is 0 Å². The number of ether oxygens (including phenoxy) is 1. The second-order valence-corrected chi connectivity index (χ2v) is 7.21. The van der Waals surface area contributed by atoms with Gasteiger partial charge in [0.25, 0.3) is 5.91 Å². The van der Waals surface area contributed by atoms with Crippen molar-refractivity contribution in [1.82, 2.24) is 15.1 Å². The van der Waals surface area contributed by atoms with E-state index < -0.39 is 0 Å². The highest BCUT2D eigenvalue weighted by atomic mass is 35.5. The van der Waals surface area contributed by atoms with Gasteiger partial charge < -0.3 is 19.9 Å². The Kier molecular flexibility index (Phi) is 6.88. The molecule has 7 heteroatoms. The van der Waals surface area contributed by atoms with Crippen molar-refractivity contribution in [2.24, 2.45) is 0 Å². The van der Waals surface area contributed by atoms with Gasteiger partial charge in [-0.15, -0.1) is 0 Å². The third kappa shape index (κ3) is 5.19. The Labute approximate surface area is 159 Å². The summed E-state index contributed by atoms with van der Waals surface area (Å²) in [5.41, 5.74) is 0.585. The van der Waals surface area contributed by atoms with Crippen LogP contribution in [0.2, 0.25) is 5.02 Å². The van der Waals surface area contributed by atoms with Gasteiger partial charge in [-0.3, -0.25) is 9.59 Å². The number of halogens is 1. The summed E-state index contributed by atoms with van der Waals surface area (Å²) in [6.07, 6.45) is 2.37. The second-order valence-electron chi connectivity index (χ2n) is 6.77. The molecule has 26 heavy (non-hydrogen) atoms. The van der Waals surface area contributed by atoms with E-state index in [0.29, 0.717) is 30.1 Å². The molecule has 2 aliphatic heterocycles. The van der Waals surface area contributed by atoms with E-state index in [4.69, 9.17) is 16.3 Å². The molecule has 142 valence electrons. The van der Waals surface area contributed by atoms with Gasteiger partial charge in [0.15, 0.2) is 0 Å². The molecule has 0 spiro atoms. The lowest BCUT2D eigenvalue weighted by atomic mass is 10.1. The van der Waals surface area contributed by atoms with Crippen LogP contribution in [0.4, 0.5) is 0 Å². The van der Waals surface area contributed by atoms with Gasteiger partial charge in [0.2, 0.25) is 5.91 Å². The van der Waals surface area contributed by atoms with Crippen molar-refractivity contribution < 1.29 is 14.3 Å². The van der Waals surface area contributed by atoms with Gasteiger partial charge in [-0.2, -0.15) is 0 Å². The molecular weight excluding hydrogens is 354 g/mol. The molecular formula is C19H26ClN3O3. The minimum Gasteiger partial charge on any atom is -0.376 e. The van der Waals surface area contributed by atoms with Gasteiger partial charge in [-0.05, 0) is 37.1 Å². The van der Waals surface area contributed by atoms with Gasteiger partial charge >= 0.3 is 0 Å². The maximum Gasteiger partial charge on any atom is 0.253 e. The van der Waals surface area contributed by atoms with Crippen LogP contribution in [0.3, 0.4) is 0 Å². The summed E-state index contributed by atoms with van der Waals surface area (Å²) in [5, 5.41) is 3.84. The van der Waals surface area contributed by atoms with Crippen molar-refractivity contribution >= 4 is 23.4 Å². The number of nitrogens with one attached hydrogen (secondary N) is 1. The van der Waals surface area contributed by atoms with Crippen LogP contribution in [-0.2, 0) is 9.53 Å². The maximum absolute atomic E-state index is 12.9. The summed E-state index contributed by atoms with van der Waals surface area (Å²) in [4.78, 5) is 29.0. The number of piperazine rings is 1. The molecule has 0 aromatic heterocycles. The molecule has 1 aromatic rings. The molecule has 2 fully saturated rings. The molecule has 6 nitrogen and oxygen atoms in total. The first kappa shape index (κ1) is 19.1. The van der Waals surface area contributed by atoms with Crippen molar-refractivity contribution in [3.63, 3.8) is 0 Å². The zero-order valence-electron chi connectivity index (χ0n) is 15.0. The average molecular weight is 380 g/mol. The first-order chi connectivity index (χ1) is 12.6. The van der Waals surface area contributed by atoms with Crippen LogP contribution < -0.4 is 5.32 Å². The number of nitrogens with zero attached hydrogens (tertiary/aromatic N) is 2. The SMILES string of the molecule is O=C(CCN(C[C@@H]1CCCO1)C(=O)c1ccc(Cl)cc1)N1CCNCC1. The molecule has 1 N–H and O–H groups in total. The zero-order valence-corrected chi connectivity index (χ0v) is 15.7. The van der Waals surface area contributed by atoms with Gasteiger partial charge in [-0.25, -0.2) is 0 Å². The van der Waals surface area contributed by atoms with Crippen molar-refractivity contribution in [1.29, 1.82) is 0 Å². The first-order valence-electron chi connectivity index (χ1n) is 9.28. The Hall–Kier alpha value is -1.63. The van der Waals surface area contributed by atoms with Crippen molar-refractivity contribution in [2.45, 2.75) is 25.4 Å². The van der Waals surface area contributed by atoms with E-state index in [1.54, 1.807) is 29.2 Å². The van der Waals surface area contributed by atoms with Gasteiger partial charge in [-0.1, -0.05) is 11.6 Å². The van der Waals surface area contributed by atoms with Crippen molar-refractivity contribution in [3.05, 3.63) is 34.9 Å². The Bertz CT molecular complexity index is 611. The van der Waals surface area contributed by atoms with Gasteiger partial charge in [0, 0.05) is 62.9 Å². The highest BCUT2D eigenvalue weighted by Crippen LogP contribution is 2.17. The molecule has 2 heterocycles. The molecule has 0 aliphatic carbocycles. The van der Waals surface area contributed by atoms with Crippen LogP contribution >= 0.6 is 11.6 Å². The molecule has 0 bridgehead atoms. The minimum absolute atomic E-state index is 0.0561. The molecule has 3 rings (SSSR count). The zero-order chi connectivity index (χ0) is 18.4. The molecule has 1 aromatic carbocycles. The highest BCUT2D eigenvalue weighted by molar-refractivity contribution is 6.30. The largest absolute Gasteiger partial charge is 0.376 e. The number of amides is 2. The number of carbonyl (C=O) groups is 2. The van der Waals surface area contributed by atoms with Crippen molar-refractivity contribution in [3.8, 4) is 0 Å². The number of benzene rings is 1. The monoisotopic (exact) mass is 379 g/mol. The Morgan fingerprint density at radius 2 is 1.96 bits per heavy atom. The van der Waals surface area contributed by atoms with Gasteiger partial charge in [0.1, 0.15) is 0 Å². The number of rotatable bonds is 6. The van der Waals surface area contributed by atoms with E-state index in [9.17, 15) is 9.59 Å². The Morgan fingerprint density at radius 1 is 1.23 bits per heavy atom. The van der Waals surface area contributed by atoms with E-state index in [0.717, 1.165) is 45.6 Å². The third-order valence-corrected chi connectivity index (χ3v) is 5.14. The summed E-state index contributed by atoms with van der Waals surface area (Å²) in [6, 6.07) is 6.88. The predicted molar refractivity (Wildman–Crippen MR) is 100 cm³/mol. The molecule has 2 aliphatic rings. The van der Waals surface area contributed by atoms with Crippen LogP contribution in [0.15, 0.2) is 24.3 Å². The fourth-order valence-electron chi connectivity index (χ4n) is 3.39. The van der Waals surface area contributed by atoms with Crippen LogP contribution in [0.25, 0.3) is 0 Å². The predicted octanol–water partition coefficient (Wildman–Crippen LogP) is 1.78. The van der Waals surface area contributed by atoms with Crippen LogP contribution in [0.1, 0.15) is 29.6 Å². The Balaban J connectivity index is 1.63. The summed E-state index contributed by atoms with van der Waals surface area (Å²) in [6.45, 7) is 4.79. The number of hydrogen-bond acceptors (Lipinski definition) is 4. The van der Waals surface area contributed by atoms with Crippen molar-refractivity contribution in [2.75, 3.05) is 45.9 Å². The van der Waals surface area contributed by atoms with E-state index >= 15 is 0 Å². The lowest BCUT2D eigenvalue weighted by Crippen LogP contribution is -2.47. The fourth-order valence-corrected chi connectivity index (χ4v) is 3.51. The lowest BCUT2D eigenvalue weighted by Gasteiger charge is -2.30. The molecule has 1 atom stereocenters. The number of carbonyl (C=O) groups excluding carboxylic acids is 2. The van der Waals surface area contributed by atoms with E-state index in [2.05, 4.69) is 5.32 Å². The quantitative estimate of drug-likeness (QED) is 0.818. The highest BCUT2D eigenvalue weighted by Gasteiger charge is 2.25. The second kappa shape index (κ2) is 9.35. The summed E-state index contributed by atoms with van der Waals surface area (Å²) in [7, 11) is 0. The smallest absolute Gasteiger partial charge is 0.253 e. The van der Waals surface area contributed by atoms with E-state index in [-0.39, 0.29) is 17.9 Å². The molecule has 2 amide bonds. The van der Waals surface area contributed by atoms with Crippen LogP contribution in [-0.4, -0.2) is 73.6 Å². The Morgan fingerprint density at radius 3 is 2.62 bits per heavy atom. The fraction of sp³-hybridized carbons (Fsp3) is 0.579. The standard InChI is InChI=1S/C19H26ClN3O3/c20-16-5-3-15(4-6-16)19(25)23(14-17-2-1-13-26-17)10-7-18(24)22-11-8-21-9-12-22/h3-6,17,21H,1-2,7-14H2/t17-/m0/s1. The normalized spacial score (nSPS) is 20.2. The number of hydrogen-bond donors (Lipinski definition) is 1. The topological polar surface area (TPSA) is 61.9 Å². The lowest BCUT2D eigenvalue weighted by molar-refractivity contribution is -0.132. The van der Waals surface area contributed by atoms with Crippen LogP contribution in [0, 0.1) is 0 Å². The molecule has 0 saturated carbocycles. The minimum atomic E-state index is -0.0784. The summed E-state index contributed by atoms with van der Waals surface area (Å²) in [5.74, 6) is 0.0259. The molecule has 0 unspecified atom stereocenters. The summed E-state index contributed by atoms with van der Waals surface area (Å²) < 4.78 is 5.69. The average Bonchev–Trinajstić information content (AvgIpc) is 3.19. The summed E-state index contributed by atoms with van der Waals surface area (Å²) >= 11 is 5.92. The first-order valence-corrected chi connectivity index (χ1v) is 9.66. The van der Waals surface area contributed by atoms with E-state index in [1.807, 2.05) is 4.90 Å². The molecule has 2 saturated heterocycles. The van der Waals surface area contributed by atoms with E-state index in [1.165, 1.54) is 0 Å². The molecule has 0 radical (unpaired) electrons.